The van der Waals surface area contributed by atoms with Crippen LogP contribution in [0.4, 0.5) is 4.39 Å². The number of hydrogen-bond donors (Lipinski definition) is 0. The summed E-state index contributed by atoms with van der Waals surface area (Å²) >= 11 is 6.32. The summed E-state index contributed by atoms with van der Waals surface area (Å²) in [5, 5.41) is 0. The van der Waals surface area contributed by atoms with Crippen molar-refractivity contribution in [3.8, 4) is 11.4 Å². The van der Waals surface area contributed by atoms with Crippen LogP contribution in [0.3, 0.4) is 0 Å². The van der Waals surface area contributed by atoms with Gasteiger partial charge in [-0.2, -0.15) is 4.98 Å². The molecule has 0 atom stereocenters. The van der Waals surface area contributed by atoms with Crippen molar-refractivity contribution in [3.05, 3.63) is 39.6 Å². The van der Waals surface area contributed by atoms with E-state index < -0.39 is 0 Å². The fourth-order valence-electron chi connectivity index (χ4n) is 1.05. The van der Waals surface area contributed by atoms with Gasteiger partial charge in [-0.25, -0.2) is 14.4 Å². The van der Waals surface area contributed by atoms with Crippen LogP contribution in [-0.4, -0.2) is 15.0 Å². The molecule has 0 saturated heterocycles. The molecule has 0 amide bonds. The first-order valence-corrected chi connectivity index (χ1v) is 5.57. The highest BCUT2D eigenvalue weighted by Gasteiger charge is 2.05. The molecule has 15 heavy (non-hydrogen) atoms. The lowest BCUT2D eigenvalue weighted by Crippen LogP contribution is -1.94. The second-order valence-corrected chi connectivity index (χ2v) is 4.12. The van der Waals surface area contributed by atoms with Gasteiger partial charge >= 0.3 is 0 Å². The summed E-state index contributed by atoms with van der Waals surface area (Å²) in [7, 11) is 0. The van der Waals surface area contributed by atoms with E-state index in [0.717, 1.165) is 5.56 Å². The number of aromatic nitrogens is 3. The Labute approximate surface area is 102 Å². The number of benzene rings is 1. The van der Waals surface area contributed by atoms with Crippen molar-refractivity contribution in [3.63, 3.8) is 0 Å². The molecule has 0 saturated carbocycles. The molecule has 0 N–H and O–H groups in total. The summed E-state index contributed by atoms with van der Waals surface area (Å²) in [6.45, 7) is 0. The van der Waals surface area contributed by atoms with Crippen LogP contribution in [0.2, 0.25) is 0 Å². The average molecular weight is 333 g/mol. The molecule has 0 radical (unpaired) electrons. The fourth-order valence-corrected chi connectivity index (χ4v) is 1.96. The molecule has 2 rings (SSSR count). The van der Waals surface area contributed by atoms with Crippen molar-refractivity contribution >= 4 is 31.9 Å². The molecule has 1 heterocycles. The molecule has 3 nitrogen and oxygen atoms in total. The van der Waals surface area contributed by atoms with E-state index in [9.17, 15) is 4.39 Å². The maximum atomic E-state index is 12.7. The van der Waals surface area contributed by atoms with Crippen LogP contribution >= 0.6 is 31.9 Å². The maximum absolute atomic E-state index is 12.7. The van der Waals surface area contributed by atoms with Crippen LogP contribution in [0.1, 0.15) is 0 Å². The van der Waals surface area contributed by atoms with E-state index in [4.69, 9.17) is 0 Å². The third-order valence-corrected chi connectivity index (χ3v) is 2.39. The van der Waals surface area contributed by atoms with Crippen LogP contribution in [0.5, 0.6) is 0 Å². The van der Waals surface area contributed by atoms with Crippen molar-refractivity contribution in [1.82, 2.24) is 15.0 Å². The van der Waals surface area contributed by atoms with Gasteiger partial charge in [-0.05, 0) is 56.1 Å². The number of halogens is 3. The lowest BCUT2D eigenvalue weighted by Gasteiger charge is -2.00. The molecule has 0 fully saturated rings. The standard InChI is InChI=1S/C9H4Br2FN3/c10-8-13-7(14-9(11)15-8)5-1-3-6(12)4-2-5/h1-4H. The summed E-state index contributed by atoms with van der Waals surface area (Å²) in [5.74, 6) is 0.203. The smallest absolute Gasteiger partial charge is 0.201 e. The first kappa shape index (κ1) is 10.6. The van der Waals surface area contributed by atoms with Gasteiger partial charge in [-0.3, -0.25) is 0 Å². The van der Waals surface area contributed by atoms with Gasteiger partial charge in [-0.1, -0.05) is 0 Å². The molecule has 1 aromatic carbocycles. The van der Waals surface area contributed by atoms with Crippen molar-refractivity contribution in [1.29, 1.82) is 0 Å². The summed E-state index contributed by atoms with van der Waals surface area (Å²) < 4.78 is 13.6. The van der Waals surface area contributed by atoms with E-state index in [0.29, 0.717) is 15.3 Å². The van der Waals surface area contributed by atoms with Crippen molar-refractivity contribution in [2.75, 3.05) is 0 Å². The summed E-state index contributed by atoms with van der Waals surface area (Å²) in [6, 6.07) is 5.95. The highest BCUT2D eigenvalue weighted by atomic mass is 79.9. The molecule has 2 aromatic rings. The van der Waals surface area contributed by atoms with Crippen molar-refractivity contribution < 1.29 is 4.39 Å². The monoisotopic (exact) mass is 331 g/mol. The van der Waals surface area contributed by atoms with E-state index in [2.05, 4.69) is 46.8 Å². The Morgan fingerprint density at radius 2 is 1.40 bits per heavy atom. The molecule has 0 aliphatic heterocycles. The molecule has 0 unspecified atom stereocenters. The van der Waals surface area contributed by atoms with Crippen molar-refractivity contribution in [2.24, 2.45) is 0 Å². The molecule has 6 heteroatoms. The quantitative estimate of drug-likeness (QED) is 0.805. The normalized spacial score (nSPS) is 10.3. The summed E-state index contributed by atoms with van der Waals surface area (Å²) in [4.78, 5) is 12.1. The Hall–Kier alpha value is -0.880. The number of nitrogens with zero attached hydrogens (tertiary/aromatic N) is 3. The highest BCUT2D eigenvalue weighted by Crippen LogP contribution is 2.18. The fraction of sp³-hybridized carbons (Fsp3) is 0. The third kappa shape index (κ3) is 2.57. The van der Waals surface area contributed by atoms with Gasteiger partial charge < -0.3 is 0 Å². The zero-order valence-corrected chi connectivity index (χ0v) is 10.5. The van der Waals surface area contributed by atoms with Gasteiger partial charge in [0.1, 0.15) is 5.82 Å². The second kappa shape index (κ2) is 4.32. The van der Waals surface area contributed by atoms with E-state index in [1.54, 1.807) is 12.1 Å². The number of hydrogen-bond acceptors (Lipinski definition) is 3. The van der Waals surface area contributed by atoms with Gasteiger partial charge in [0.05, 0.1) is 0 Å². The van der Waals surface area contributed by atoms with Gasteiger partial charge in [0.2, 0.25) is 9.47 Å². The topological polar surface area (TPSA) is 38.7 Å². The molecular weight excluding hydrogens is 329 g/mol. The van der Waals surface area contributed by atoms with Gasteiger partial charge in [0.15, 0.2) is 5.82 Å². The van der Waals surface area contributed by atoms with Crippen LogP contribution in [0.15, 0.2) is 33.7 Å². The van der Waals surface area contributed by atoms with Gasteiger partial charge in [-0.15, -0.1) is 0 Å². The molecule has 0 spiro atoms. The Bertz CT molecular complexity index is 467. The van der Waals surface area contributed by atoms with Crippen LogP contribution in [-0.2, 0) is 0 Å². The van der Waals surface area contributed by atoms with Crippen LogP contribution in [0, 0.1) is 5.82 Å². The Balaban J connectivity index is 2.49. The summed E-state index contributed by atoms with van der Waals surface area (Å²) in [5.41, 5.74) is 0.736. The molecule has 0 aliphatic carbocycles. The van der Waals surface area contributed by atoms with Crippen molar-refractivity contribution in [2.45, 2.75) is 0 Å². The lowest BCUT2D eigenvalue weighted by molar-refractivity contribution is 0.628. The second-order valence-electron chi connectivity index (χ2n) is 2.70. The zero-order valence-electron chi connectivity index (χ0n) is 7.28. The van der Waals surface area contributed by atoms with Gasteiger partial charge in [0.25, 0.3) is 0 Å². The molecular formula is C9H4Br2FN3. The minimum Gasteiger partial charge on any atom is -0.207 e. The van der Waals surface area contributed by atoms with E-state index in [1.165, 1.54) is 12.1 Å². The SMILES string of the molecule is Fc1ccc(-c2nc(Br)nc(Br)n2)cc1. The van der Waals surface area contributed by atoms with Crippen LogP contribution in [0.25, 0.3) is 11.4 Å². The molecule has 76 valence electrons. The Morgan fingerprint density at radius 1 is 0.867 bits per heavy atom. The predicted molar refractivity (Wildman–Crippen MR) is 60.6 cm³/mol. The molecule has 1 aromatic heterocycles. The van der Waals surface area contributed by atoms with Crippen LogP contribution < -0.4 is 0 Å². The van der Waals surface area contributed by atoms with E-state index in [-0.39, 0.29) is 5.82 Å². The maximum Gasteiger partial charge on any atom is 0.201 e. The minimum absolute atomic E-state index is 0.286. The minimum atomic E-state index is -0.286. The first-order chi connectivity index (χ1) is 7.15. The van der Waals surface area contributed by atoms with E-state index in [1.807, 2.05) is 0 Å². The largest absolute Gasteiger partial charge is 0.207 e. The highest BCUT2D eigenvalue weighted by molar-refractivity contribution is 9.11. The Kier molecular flexibility index (Phi) is 3.06. The zero-order chi connectivity index (χ0) is 10.8. The van der Waals surface area contributed by atoms with Gasteiger partial charge in [0, 0.05) is 5.56 Å². The Morgan fingerprint density at radius 3 is 1.93 bits per heavy atom. The first-order valence-electron chi connectivity index (χ1n) is 3.98. The lowest BCUT2D eigenvalue weighted by atomic mass is 10.2. The van der Waals surface area contributed by atoms with E-state index >= 15 is 0 Å². The molecule has 0 aliphatic rings. The third-order valence-electron chi connectivity index (χ3n) is 1.68. The average Bonchev–Trinajstić information content (AvgIpc) is 2.17. The predicted octanol–water partition coefficient (Wildman–Crippen LogP) is 3.20. The number of rotatable bonds is 1. The summed E-state index contributed by atoms with van der Waals surface area (Å²) in [6.07, 6.45) is 0. The molecule has 0 bridgehead atoms.